The van der Waals surface area contributed by atoms with Gasteiger partial charge in [-0.15, -0.1) is 0 Å². The van der Waals surface area contributed by atoms with Crippen LogP contribution in [-0.2, 0) is 67.3 Å². The Balaban J connectivity index is 1.52. The van der Waals surface area contributed by atoms with Crippen molar-refractivity contribution < 1.29 is 86.0 Å². The Morgan fingerprint density at radius 2 is 1.34 bits per heavy atom. The van der Waals surface area contributed by atoms with E-state index in [0.717, 1.165) is 11.8 Å². The molecule has 2 saturated carbocycles. The molecule has 2 aromatic carbocycles. The molecule has 7 rings (SSSR count). The zero-order chi connectivity index (χ0) is 57.3. The van der Waals surface area contributed by atoms with Crippen molar-refractivity contribution in [1.29, 1.82) is 0 Å². The first-order valence-corrected chi connectivity index (χ1v) is 26.5. The number of hydrogen-bond acceptors (Lipinski definition) is 18. The maximum Gasteiger partial charge on any atom is 0.509 e. The van der Waals surface area contributed by atoms with E-state index in [9.17, 15) is 29.1 Å². The molecule has 4 fully saturated rings. The maximum atomic E-state index is 16.5. The second kappa shape index (κ2) is 21.3. The molecular weight excluding hydrogens is 1140 g/mol. The molecule has 3 aliphatic carbocycles. The minimum atomic E-state index is -2.64. The van der Waals surface area contributed by atoms with Crippen LogP contribution in [0.5, 0.6) is 0 Å². The van der Waals surface area contributed by atoms with Crippen LogP contribution in [0, 0.1) is 16.7 Å². The van der Waals surface area contributed by atoms with Crippen LogP contribution in [0.3, 0.4) is 0 Å². The average molecular weight is 1200 g/mol. The van der Waals surface area contributed by atoms with E-state index in [1.54, 1.807) is 83.1 Å². The number of fused-ring (bicyclic) bond motifs is 5. The number of esters is 3. The van der Waals surface area contributed by atoms with Gasteiger partial charge in [0.15, 0.2) is 23.0 Å². The van der Waals surface area contributed by atoms with E-state index in [-0.39, 0.29) is 22.3 Å². The number of carbonyl (C=O) groups is 7. The van der Waals surface area contributed by atoms with E-state index < -0.39 is 164 Å². The molecule has 0 radical (unpaired) electrons. The lowest BCUT2D eigenvalue weighted by Gasteiger charge is -2.67. The molecule has 2 bridgehead atoms. The fourth-order valence-electron chi connectivity index (χ4n) is 11.5. The van der Waals surface area contributed by atoms with Crippen LogP contribution in [0.25, 0.3) is 0 Å². The van der Waals surface area contributed by atoms with Crippen molar-refractivity contribution in [3.63, 3.8) is 0 Å². The van der Waals surface area contributed by atoms with Gasteiger partial charge >= 0.3 is 36.3 Å². The van der Waals surface area contributed by atoms with Gasteiger partial charge in [-0.3, -0.25) is 14.5 Å². The maximum absolute atomic E-state index is 16.5. The van der Waals surface area contributed by atoms with Crippen LogP contribution in [0.4, 0.5) is 14.4 Å². The summed E-state index contributed by atoms with van der Waals surface area (Å²) in [5.74, 6) is -6.04. The predicted molar refractivity (Wildman–Crippen MR) is 276 cm³/mol. The minimum Gasteiger partial charge on any atom is -0.456 e. The van der Waals surface area contributed by atoms with Gasteiger partial charge < -0.3 is 52.5 Å². The highest BCUT2D eigenvalue weighted by molar-refractivity contribution is 6.68. The van der Waals surface area contributed by atoms with Crippen molar-refractivity contribution >= 4 is 112 Å². The molecule has 2 heterocycles. The van der Waals surface area contributed by atoms with Crippen molar-refractivity contribution in [2.75, 3.05) is 26.4 Å². The summed E-state index contributed by atoms with van der Waals surface area (Å²) < 4.78 is 55.6. The molecule has 1 N–H and O–H groups in total. The Morgan fingerprint density at radius 1 is 0.779 bits per heavy atom. The van der Waals surface area contributed by atoms with E-state index in [0.29, 0.717) is 0 Å². The van der Waals surface area contributed by atoms with Crippen LogP contribution in [-0.4, -0.2) is 139 Å². The molecular formula is C52H59Cl6NO18. The lowest BCUT2D eigenvalue weighted by Crippen LogP contribution is -2.82. The van der Waals surface area contributed by atoms with Crippen molar-refractivity contribution in [1.82, 2.24) is 4.90 Å². The largest absolute Gasteiger partial charge is 0.509 e. The van der Waals surface area contributed by atoms with Gasteiger partial charge in [-0.25, -0.2) is 24.0 Å². The van der Waals surface area contributed by atoms with Gasteiger partial charge in [0, 0.05) is 25.2 Å². The Morgan fingerprint density at radius 3 is 1.86 bits per heavy atom. The van der Waals surface area contributed by atoms with Crippen LogP contribution in [0.2, 0.25) is 0 Å². The molecule has 422 valence electrons. The highest BCUT2D eigenvalue weighted by Crippen LogP contribution is 2.65. The Kier molecular flexibility index (Phi) is 16.7. The molecule has 2 aliphatic heterocycles. The molecule has 2 aromatic rings. The van der Waals surface area contributed by atoms with E-state index >= 15 is 9.59 Å². The number of carbonyl (C=O) groups excluding carboxylic acids is 7. The normalized spacial score (nSPS) is 31.4. The van der Waals surface area contributed by atoms with E-state index in [2.05, 4.69) is 0 Å². The number of ether oxygens (including phenoxy) is 10. The molecule has 2 saturated heterocycles. The van der Waals surface area contributed by atoms with Crippen LogP contribution < -0.4 is 0 Å². The Bertz CT molecular complexity index is 2690. The van der Waals surface area contributed by atoms with Crippen molar-refractivity contribution in [2.24, 2.45) is 16.7 Å². The molecule has 5 aliphatic rings. The number of aliphatic hydroxyl groups is 1. The van der Waals surface area contributed by atoms with Gasteiger partial charge in [-0.05, 0) is 77.3 Å². The molecule has 25 heteroatoms. The number of amides is 1. The number of ketones is 1. The fourth-order valence-corrected chi connectivity index (χ4v) is 11.9. The van der Waals surface area contributed by atoms with E-state index in [1.807, 2.05) is 0 Å². The number of halogens is 6. The third-order valence-electron chi connectivity index (χ3n) is 15.0. The Hall–Kier alpha value is -4.31. The lowest BCUT2D eigenvalue weighted by molar-refractivity contribution is -0.346. The van der Waals surface area contributed by atoms with Crippen LogP contribution in [0.1, 0.15) is 98.0 Å². The number of alkyl halides is 6. The molecule has 0 unspecified atom stereocenters. The second-order valence-electron chi connectivity index (χ2n) is 21.8. The first-order valence-electron chi connectivity index (χ1n) is 24.2. The van der Waals surface area contributed by atoms with Crippen molar-refractivity contribution in [3.8, 4) is 0 Å². The van der Waals surface area contributed by atoms with Gasteiger partial charge in [0.2, 0.25) is 7.59 Å². The first-order chi connectivity index (χ1) is 35.4. The standard InChI is InChI=1S/C52H59Cl6NO18/c1-27-31(72-40(63)48(30-19-15-12-16-20-30)23-71-46(8,9)59(48)41(64)77-44(3,4)5)22-50(67)38(75-39(62)29-17-13-11-14-18-29)36-47(10,37(61)35(34(27)45(50,6)7)74-43(66)70-26-52(56,57)58)32(73-42(65)69-25-51(53,54)55)21-33-49(36,24-68-33)76-28(2)60/h11-20,31-33,35-36,38,67H,21-26H2,1-10H3/t31-,32-,33+,35+,36-,38-,47+,48+,49-,50+/m0/s1. The van der Waals surface area contributed by atoms with Crippen LogP contribution >= 0.6 is 69.6 Å². The molecule has 77 heavy (non-hydrogen) atoms. The van der Waals surface area contributed by atoms with Gasteiger partial charge in [0.05, 0.1) is 30.1 Å². The molecule has 0 spiro atoms. The molecule has 1 amide bonds. The molecule has 0 aromatic heterocycles. The van der Waals surface area contributed by atoms with E-state index in [1.165, 1.54) is 39.8 Å². The monoisotopic (exact) mass is 1200 g/mol. The van der Waals surface area contributed by atoms with E-state index in [4.69, 9.17) is 117 Å². The zero-order valence-corrected chi connectivity index (χ0v) is 48.1. The third-order valence-corrected chi connectivity index (χ3v) is 15.7. The predicted octanol–water partition coefficient (Wildman–Crippen LogP) is 9.59. The fraction of sp³-hybridized carbons (Fsp3) is 0.596. The first kappa shape index (κ1) is 60.3. The quantitative estimate of drug-likeness (QED) is 0.101. The summed E-state index contributed by atoms with van der Waals surface area (Å²) in [5, 5.41) is 14.3. The minimum absolute atomic E-state index is 0.0101. The van der Waals surface area contributed by atoms with Crippen molar-refractivity contribution in [2.45, 2.75) is 148 Å². The number of nitrogens with zero attached hydrogens (tertiary/aromatic N) is 1. The Labute approximate surface area is 474 Å². The van der Waals surface area contributed by atoms with Gasteiger partial charge in [0.25, 0.3) is 0 Å². The average Bonchev–Trinajstić information content (AvgIpc) is 3.63. The summed E-state index contributed by atoms with van der Waals surface area (Å²) in [7, 11) is 0. The number of benzene rings is 2. The number of rotatable bonds is 10. The summed E-state index contributed by atoms with van der Waals surface area (Å²) in [5.41, 5.74) is -13.8. The second-order valence-corrected chi connectivity index (χ2v) is 26.9. The third kappa shape index (κ3) is 11.4. The van der Waals surface area contributed by atoms with Gasteiger partial charge in [0.1, 0.15) is 54.6 Å². The van der Waals surface area contributed by atoms with Gasteiger partial charge in [-0.2, -0.15) is 0 Å². The van der Waals surface area contributed by atoms with Gasteiger partial charge in [-0.1, -0.05) is 132 Å². The highest BCUT2D eigenvalue weighted by atomic mass is 35.6. The molecule has 10 atom stereocenters. The summed E-state index contributed by atoms with van der Waals surface area (Å²) in [6, 6.07) is 15.7. The number of hydrogen-bond donors (Lipinski definition) is 1. The van der Waals surface area contributed by atoms with Crippen LogP contribution in [0.15, 0.2) is 71.8 Å². The zero-order valence-electron chi connectivity index (χ0n) is 43.6. The summed E-state index contributed by atoms with van der Waals surface area (Å²) >= 11 is 35.7. The smallest absolute Gasteiger partial charge is 0.456 e. The lowest BCUT2D eigenvalue weighted by atomic mass is 9.44. The SMILES string of the molecule is CC(=O)O[C@@]12CO[C@@H]1C[C@H](OC(=O)OCC(Cl)(Cl)Cl)[C@@]1(C)C(=O)[C@H](OC(=O)OCC(Cl)(Cl)Cl)C3=C(C)[C@@H](OC(=O)[C@]4(c5ccccc5)COC(C)(C)N4C(=O)OC(C)(C)C)C[C@@](O)([C@@H](OC(=O)c4ccccc4)[C@H]21)C3(C)C. The summed E-state index contributed by atoms with van der Waals surface area (Å²) in [6.45, 7) is 12.1. The topological polar surface area (TPSA) is 235 Å². The highest BCUT2D eigenvalue weighted by Gasteiger charge is 2.79. The number of Topliss-reactive ketones (excluding diaryl/α,β-unsaturated/α-hetero) is 1. The summed E-state index contributed by atoms with van der Waals surface area (Å²) in [4.78, 5) is 104. The molecule has 19 nitrogen and oxygen atoms in total. The van der Waals surface area contributed by atoms with Crippen molar-refractivity contribution in [3.05, 3.63) is 82.9 Å². The summed E-state index contributed by atoms with van der Waals surface area (Å²) in [6.07, 6.45) is -14.1.